The van der Waals surface area contributed by atoms with E-state index < -0.39 is 0 Å². The lowest BCUT2D eigenvalue weighted by Gasteiger charge is -2.52. The molecule has 0 aromatic heterocycles. The van der Waals surface area contributed by atoms with E-state index in [0.29, 0.717) is 11.0 Å². The molecule has 0 unspecified atom stereocenters. The first-order valence-corrected chi connectivity index (χ1v) is 8.18. The minimum Gasteiger partial charge on any atom is -0.301 e. The highest BCUT2D eigenvalue weighted by atomic mass is 15.3. The van der Waals surface area contributed by atoms with Crippen LogP contribution in [0.4, 0.5) is 0 Å². The summed E-state index contributed by atoms with van der Waals surface area (Å²) in [5, 5.41) is 0. The van der Waals surface area contributed by atoms with Gasteiger partial charge in [-0.1, -0.05) is 34.6 Å². The van der Waals surface area contributed by atoms with Gasteiger partial charge in [0.25, 0.3) is 0 Å². The van der Waals surface area contributed by atoms with Crippen molar-refractivity contribution < 1.29 is 0 Å². The van der Waals surface area contributed by atoms with E-state index in [2.05, 4.69) is 58.3 Å². The third-order valence-corrected chi connectivity index (χ3v) is 5.73. The lowest BCUT2D eigenvalue weighted by atomic mass is 9.71. The summed E-state index contributed by atoms with van der Waals surface area (Å²) in [6.45, 7) is 22.9. The van der Waals surface area contributed by atoms with Crippen molar-refractivity contribution in [2.75, 3.05) is 32.7 Å². The molecule has 1 rings (SSSR count). The zero-order valence-electron chi connectivity index (χ0n) is 14.4. The van der Waals surface area contributed by atoms with Crippen molar-refractivity contribution in [3.05, 3.63) is 0 Å². The van der Waals surface area contributed by atoms with Gasteiger partial charge in [-0.05, 0) is 44.6 Å². The van der Waals surface area contributed by atoms with Gasteiger partial charge in [-0.3, -0.25) is 4.90 Å². The van der Waals surface area contributed by atoms with Crippen molar-refractivity contribution in [1.82, 2.24) is 9.80 Å². The van der Waals surface area contributed by atoms with Gasteiger partial charge in [-0.2, -0.15) is 0 Å². The molecule has 0 radical (unpaired) electrons. The Labute approximate surface area is 121 Å². The van der Waals surface area contributed by atoms with E-state index >= 15 is 0 Å². The molecular formula is C17H36N2. The van der Waals surface area contributed by atoms with Crippen molar-refractivity contribution in [3.63, 3.8) is 0 Å². The van der Waals surface area contributed by atoms with Crippen LogP contribution in [0.3, 0.4) is 0 Å². The number of nitrogens with zero attached hydrogens (tertiary/aromatic N) is 2. The molecule has 0 N–H and O–H groups in total. The van der Waals surface area contributed by atoms with Crippen molar-refractivity contribution >= 4 is 0 Å². The molecule has 1 aliphatic rings. The number of hydrogen-bond donors (Lipinski definition) is 0. The molecule has 2 nitrogen and oxygen atoms in total. The van der Waals surface area contributed by atoms with Crippen LogP contribution in [0.5, 0.6) is 0 Å². The summed E-state index contributed by atoms with van der Waals surface area (Å²) in [6.07, 6.45) is 2.58. The highest BCUT2D eigenvalue weighted by Gasteiger charge is 2.41. The largest absolute Gasteiger partial charge is 0.301 e. The van der Waals surface area contributed by atoms with Crippen LogP contribution < -0.4 is 0 Å². The van der Waals surface area contributed by atoms with Gasteiger partial charge in [0.15, 0.2) is 0 Å². The minimum absolute atomic E-state index is 0.298. The molecule has 0 aliphatic carbocycles. The molecule has 2 heteroatoms. The zero-order chi connectivity index (χ0) is 14.7. The summed E-state index contributed by atoms with van der Waals surface area (Å²) < 4.78 is 0. The Morgan fingerprint density at radius 1 is 0.947 bits per heavy atom. The first-order chi connectivity index (χ1) is 8.70. The molecular weight excluding hydrogens is 232 g/mol. The molecule has 1 heterocycles. The van der Waals surface area contributed by atoms with Gasteiger partial charge in [-0.25, -0.2) is 0 Å². The standard InChI is InChI=1S/C17H36N2/c1-8-16(4,5)17(6,7)19-13-11-18(12-14-19)10-9-15(2)3/h15H,8-14H2,1-7H3. The third kappa shape index (κ3) is 4.19. The Balaban J connectivity index is 2.49. The molecule has 0 atom stereocenters. The molecule has 0 amide bonds. The molecule has 1 aliphatic heterocycles. The van der Waals surface area contributed by atoms with E-state index in [-0.39, 0.29) is 0 Å². The zero-order valence-corrected chi connectivity index (χ0v) is 14.4. The van der Waals surface area contributed by atoms with E-state index in [4.69, 9.17) is 0 Å². The van der Waals surface area contributed by atoms with Gasteiger partial charge >= 0.3 is 0 Å². The first kappa shape index (κ1) is 17.0. The van der Waals surface area contributed by atoms with Gasteiger partial charge in [-0.15, -0.1) is 0 Å². The highest BCUT2D eigenvalue weighted by Crippen LogP contribution is 2.38. The summed E-state index contributed by atoms with van der Waals surface area (Å²) in [4.78, 5) is 5.36. The second-order valence-corrected chi connectivity index (χ2v) is 7.81. The topological polar surface area (TPSA) is 6.48 Å². The van der Waals surface area contributed by atoms with Crippen LogP contribution in [-0.2, 0) is 0 Å². The van der Waals surface area contributed by atoms with Gasteiger partial charge in [0.1, 0.15) is 0 Å². The number of piperazine rings is 1. The van der Waals surface area contributed by atoms with Gasteiger partial charge in [0, 0.05) is 31.7 Å². The van der Waals surface area contributed by atoms with E-state index in [0.717, 1.165) is 5.92 Å². The Hall–Kier alpha value is -0.0800. The van der Waals surface area contributed by atoms with Crippen LogP contribution in [0.1, 0.15) is 61.3 Å². The molecule has 0 spiro atoms. The van der Waals surface area contributed by atoms with Crippen LogP contribution in [0, 0.1) is 11.3 Å². The van der Waals surface area contributed by atoms with Gasteiger partial charge in [0.05, 0.1) is 0 Å². The monoisotopic (exact) mass is 268 g/mol. The van der Waals surface area contributed by atoms with Gasteiger partial charge in [0.2, 0.25) is 0 Å². The van der Waals surface area contributed by atoms with E-state index in [1.54, 1.807) is 0 Å². The van der Waals surface area contributed by atoms with Crippen LogP contribution in [0.15, 0.2) is 0 Å². The second-order valence-electron chi connectivity index (χ2n) is 7.81. The fraction of sp³-hybridized carbons (Fsp3) is 1.00. The maximum Gasteiger partial charge on any atom is 0.0205 e. The summed E-state index contributed by atoms with van der Waals surface area (Å²) in [5.74, 6) is 0.827. The maximum absolute atomic E-state index is 2.71. The average Bonchev–Trinajstić information content (AvgIpc) is 2.36. The molecule has 114 valence electrons. The summed E-state index contributed by atoms with van der Waals surface area (Å²) >= 11 is 0. The summed E-state index contributed by atoms with van der Waals surface area (Å²) in [7, 11) is 0. The fourth-order valence-corrected chi connectivity index (χ4v) is 2.83. The molecule has 0 saturated carbocycles. The molecule has 1 fully saturated rings. The van der Waals surface area contributed by atoms with Crippen molar-refractivity contribution in [1.29, 1.82) is 0 Å². The Morgan fingerprint density at radius 2 is 1.47 bits per heavy atom. The van der Waals surface area contributed by atoms with E-state index in [9.17, 15) is 0 Å². The Morgan fingerprint density at radius 3 is 1.89 bits per heavy atom. The van der Waals surface area contributed by atoms with Gasteiger partial charge < -0.3 is 4.90 Å². The van der Waals surface area contributed by atoms with Crippen molar-refractivity contribution in [3.8, 4) is 0 Å². The first-order valence-electron chi connectivity index (χ1n) is 8.18. The second kappa shape index (κ2) is 6.58. The fourth-order valence-electron chi connectivity index (χ4n) is 2.83. The molecule has 0 aromatic rings. The van der Waals surface area contributed by atoms with Crippen LogP contribution >= 0.6 is 0 Å². The SMILES string of the molecule is CCC(C)(C)C(C)(C)N1CCN(CCC(C)C)CC1. The molecule has 0 aromatic carbocycles. The third-order valence-electron chi connectivity index (χ3n) is 5.73. The predicted molar refractivity (Wildman–Crippen MR) is 85.6 cm³/mol. The smallest absolute Gasteiger partial charge is 0.0205 e. The maximum atomic E-state index is 2.71. The Kier molecular flexibility index (Phi) is 5.88. The highest BCUT2D eigenvalue weighted by molar-refractivity contribution is 4.96. The lowest BCUT2D eigenvalue weighted by molar-refractivity contribution is -0.0229. The minimum atomic E-state index is 0.298. The average molecular weight is 268 g/mol. The molecule has 19 heavy (non-hydrogen) atoms. The van der Waals surface area contributed by atoms with Crippen LogP contribution in [0.25, 0.3) is 0 Å². The molecule has 0 bridgehead atoms. The number of rotatable bonds is 6. The molecule has 1 saturated heterocycles. The van der Waals surface area contributed by atoms with Crippen LogP contribution in [-0.4, -0.2) is 48.1 Å². The summed E-state index contributed by atoms with van der Waals surface area (Å²) in [5.41, 5.74) is 0.680. The Bertz CT molecular complexity index is 260. The van der Waals surface area contributed by atoms with Crippen molar-refractivity contribution in [2.45, 2.75) is 66.8 Å². The normalized spacial score (nSPS) is 20.2. The van der Waals surface area contributed by atoms with Crippen molar-refractivity contribution in [2.24, 2.45) is 11.3 Å². The summed E-state index contributed by atoms with van der Waals surface area (Å²) in [6, 6.07) is 0. The van der Waals surface area contributed by atoms with E-state index in [1.165, 1.54) is 45.6 Å². The lowest BCUT2D eigenvalue weighted by Crippen LogP contribution is -2.60. The predicted octanol–water partition coefficient (Wildman–Crippen LogP) is 3.86. The number of hydrogen-bond acceptors (Lipinski definition) is 2. The van der Waals surface area contributed by atoms with E-state index in [1.807, 2.05) is 0 Å². The quantitative estimate of drug-likeness (QED) is 0.721. The van der Waals surface area contributed by atoms with Crippen LogP contribution in [0.2, 0.25) is 0 Å².